The van der Waals surface area contributed by atoms with Gasteiger partial charge in [-0.05, 0) is 73.4 Å². The molecule has 0 aliphatic rings. The molecule has 0 bridgehead atoms. The Morgan fingerprint density at radius 2 is 1.81 bits per heavy atom. The highest BCUT2D eigenvalue weighted by molar-refractivity contribution is 7.91. The van der Waals surface area contributed by atoms with Crippen molar-refractivity contribution < 1.29 is 12.8 Å². The first-order valence-corrected chi connectivity index (χ1v) is 12.5. The number of hydrogen-bond donors (Lipinski definition) is 0. The first-order valence-electron chi connectivity index (χ1n) is 10.9. The number of fused-ring (bicyclic) bond motifs is 3. The van der Waals surface area contributed by atoms with Crippen molar-refractivity contribution in [3.8, 4) is 0 Å². The van der Waals surface area contributed by atoms with Crippen LogP contribution in [-0.2, 0) is 22.8 Å². The second-order valence-corrected chi connectivity index (χ2v) is 10.2. The maximum Gasteiger partial charge on any atom is 0.207 e. The zero-order valence-corrected chi connectivity index (χ0v) is 19.4. The molecule has 8 nitrogen and oxygen atoms in total. The standard InChI is InChI=1S/C22H27FN6O2S/c1-4-8-19-24-20-21(15(2)16(3)29-22(20)25-26-27-29)28(19)13-6-5-7-14-32(30,31)18-11-9-17(23)10-12-18/h9-12H,4-8,13-14H2,1-3H3. The Morgan fingerprint density at radius 3 is 2.53 bits per heavy atom. The second-order valence-electron chi connectivity index (χ2n) is 8.09. The van der Waals surface area contributed by atoms with Crippen molar-refractivity contribution in [1.29, 1.82) is 0 Å². The van der Waals surface area contributed by atoms with Gasteiger partial charge in [-0.25, -0.2) is 17.8 Å². The van der Waals surface area contributed by atoms with Crippen molar-refractivity contribution in [3.63, 3.8) is 0 Å². The predicted octanol–water partition coefficient (Wildman–Crippen LogP) is 3.83. The first kappa shape index (κ1) is 22.3. The van der Waals surface area contributed by atoms with Crippen LogP contribution < -0.4 is 0 Å². The third kappa shape index (κ3) is 4.11. The zero-order chi connectivity index (χ0) is 22.9. The van der Waals surface area contributed by atoms with Crippen LogP contribution in [0.5, 0.6) is 0 Å². The van der Waals surface area contributed by atoms with Crippen LogP contribution in [0, 0.1) is 19.7 Å². The van der Waals surface area contributed by atoms with E-state index in [4.69, 9.17) is 4.98 Å². The molecule has 0 radical (unpaired) electrons. The van der Waals surface area contributed by atoms with E-state index < -0.39 is 15.7 Å². The van der Waals surface area contributed by atoms with Gasteiger partial charge in [-0.15, -0.1) is 5.10 Å². The van der Waals surface area contributed by atoms with E-state index in [9.17, 15) is 12.8 Å². The van der Waals surface area contributed by atoms with E-state index in [0.29, 0.717) is 12.1 Å². The summed E-state index contributed by atoms with van der Waals surface area (Å²) in [6.07, 6.45) is 3.96. The molecule has 10 heteroatoms. The summed E-state index contributed by atoms with van der Waals surface area (Å²) < 4.78 is 42.0. The topological polar surface area (TPSA) is 95.0 Å². The SMILES string of the molecule is CCCc1nc2c(c(C)c(C)n3nnnc23)n1CCCCCS(=O)(=O)c1ccc(F)cc1. The number of sulfone groups is 1. The molecule has 0 saturated carbocycles. The number of aromatic nitrogens is 6. The van der Waals surface area contributed by atoms with Crippen LogP contribution >= 0.6 is 0 Å². The molecule has 4 rings (SSSR count). The number of rotatable bonds is 9. The average molecular weight is 459 g/mol. The van der Waals surface area contributed by atoms with E-state index in [1.165, 1.54) is 24.3 Å². The lowest BCUT2D eigenvalue weighted by Crippen LogP contribution is -2.09. The number of hydrogen-bond acceptors (Lipinski definition) is 6. The van der Waals surface area contributed by atoms with Crippen LogP contribution in [0.15, 0.2) is 29.2 Å². The summed E-state index contributed by atoms with van der Waals surface area (Å²) in [5, 5.41) is 12.1. The molecule has 0 spiro atoms. The van der Waals surface area contributed by atoms with Crippen molar-refractivity contribution in [3.05, 3.63) is 47.2 Å². The maximum absolute atomic E-state index is 13.1. The minimum absolute atomic E-state index is 0.0509. The molecular weight excluding hydrogens is 431 g/mol. The molecule has 0 saturated heterocycles. The van der Waals surface area contributed by atoms with Crippen LogP contribution in [-0.4, -0.2) is 43.8 Å². The summed E-state index contributed by atoms with van der Waals surface area (Å²) in [6.45, 7) is 6.92. The summed E-state index contributed by atoms with van der Waals surface area (Å²) in [5.74, 6) is 0.610. The van der Waals surface area contributed by atoms with E-state index in [0.717, 1.165) is 60.3 Å². The normalized spacial score (nSPS) is 12.2. The fourth-order valence-electron chi connectivity index (χ4n) is 4.08. The molecule has 3 aromatic heterocycles. The summed E-state index contributed by atoms with van der Waals surface area (Å²) >= 11 is 0. The highest BCUT2D eigenvalue weighted by Crippen LogP contribution is 2.27. The highest BCUT2D eigenvalue weighted by atomic mass is 32.2. The number of unbranched alkanes of at least 4 members (excludes halogenated alkanes) is 2. The Labute approximate surface area is 186 Å². The van der Waals surface area contributed by atoms with Crippen LogP contribution in [0.25, 0.3) is 16.7 Å². The Balaban J connectivity index is 1.50. The molecule has 170 valence electrons. The summed E-state index contributed by atoms with van der Waals surface area (Å²) in [4.78, 5) is 5.03. The molecule has 0 N–H and O–H groups in total. The molecule has 1 aromatic carbocycles. The Hall–Kier alpha value is -2.88. The molecule has 0 atom stereocenters. The third-order valence-electron chi connectivity index (χ3n) is 5.88. The van der Waals surface area contributed by atoms with Gasteiger partial charge in [-0.3, -0.25) is 0 Å². The fourth-order valence-corrected chi connectivity index (χ4v) is 5.45. The molecular formula is C22H27FN6O2S. The van der Waals surface area contributed by atoms with Crippen molar-refractivity contribution in [2.24, 2.45) is 0 Å². The minimum atomic E-state index is -3.40. The van der Waals surface area contributed by atoms with Gasteiger partial charge in [0.05, 0.1) is 16.2 Å². The van der Waals surface area contributed by atoms with Gasteiger partial charge in [0.1, 0.15) is 17.2 Å². The van der Waals surface area contributed by atoms with Gasteiger partial charge in [0.2, 0.25) is 5.65 Å². The molecule has 0 amide bonds. The average Bonchev–Trinajstić information content (AvgIpc) is 3.38. The number of imidazole rings is 1. The Morgan fingerprint density at radius 1 is 1.06 bits per heavy atom. The summed E-state index contributed by atoms with van der Waals surface area (Å²) in [6, 6.07) is 5.01. The van der Waals surface area contributed by atoms with Crippen LogP contribution in [0.4, 0.5) is 4.39 Å². The number of halogens is 1. The maximum atomic E-state index is 13.1. The summed E-state index contributed by atoms with van der Waals surface area (Å²) in [7, 11) is -3.40. The lowest BCUT2D eigenvalue weighted by atomic mass is 10.2. The number of benzene rings is 1. The van der Waals surface area contributed by atoms with E-state index in [-0.39, 0.29) is 10.6 Å². The second kappa shape index (κ2) is 8.93. The lowest BCUT2D eigenvalue weighted by molar-refractivity contribution is 0.571. The third-order valence-corrected chi connectivity index (χ3v) is 7.70. The molecule has 0 aliphatic carbocycles. The van der Waals surface area contributed by atoms with Gasteiger partial charge in [-0.1, -0.05) is 13.3 Å². The molecule has 4 aromatic rings. The van der Waals surface area contributed by atoms with Crippen molar-refractivity contribution in [2.45, 2.75) is 64.3 Å². The predicted molar refractivity (Wildman–Crippen MR) is 120 cm³/mol. The Kier molecular flexibility index (Phi) is 6.23. The number of pyridine rings is 1. The minimum Gasteiger partial charge on any atom is -0.328 e. The number of tetrazole rings is 1. The van der Waals surface area contributed by atoms with Crippen LogP contribution in [0.3, 0.4) is 0 Å². The van der Waals surface area contributed by atoms with E-state index >= 15 is 0 Å². The van der Waals surface area contributed by atoms with E-state index in [2.05, 4.69) is 33.9 Å². The van der Waals surface area contributed by atoms with Crippen molar-refractivity contribution in [1.82, 2.24) is 29.6 Å². The van der Waals surface area contributed by atoms with Crippen molar-refractivity contribution in [2.75, 3.05) is 5.75 Å². The Bertz CT molecular complexity index is 1360. The van der Waals surface area contributed by atoms with Gasteiger partial charge in [0.15, 0.2) is 9.84 Å². The molecule has 0 aliphatic heterocycles. The monoisotopic (exact) mass is 458 g/mol. The molecule has 3 heterocycles. The van der Waals surface area contributed by atoms with E-state index in [1.807, 2.05) is 6.92 Å². The lowest BCUT2D eigenvalue weighted by Gasteiger charge is -2.12. The quantitative estimate of drug-likeness (QED) is 0.279. The van der Waals surface area contributed by atoms with Crippen molar-refractivity contribution >= 4 is 26.5 Å². The van der Waals surface area contributed by atoms with Gasteiger partial charge in [-0.2, -0.15) is 4.52 Å². The first-order chi connectivity index (χ1) is 15.3. The largest absolute Gasteiger partial charge is 0.328 e. The van der Waals surface area contributed by atoms with Gasteiger partial charge < -0.3 is 4.57 Å². The number of aryl methyl sites for hydroxylation is 4. The van der Waals surface area contributed by atoms with Crippen LogP contribution in [0.2, 0.25) is 0 Å². The van der Waals surface area contributed by atoms with Gasteiger partial charge >= 0.3 is 0 Å². The number of nitrogens with zero attached hydrogens (tertiary/aromatic N) is 6. The highest BCUT2D eigenvalue weighted by Gasteiger charge is 2.20. The molecule has 32 heavy (non-hydrogen) atoms. The fraction of sp³-hybridized carbons (Fsp3) is 0.455. The van der Waals surface area contributed by atoms with Gasteiger partial charge in [0.25, 0.3) is 0 Å². The molecule has 0 fully saturated rings. The summed E-state index contributed by atoms with van der Waals surface area (Å²) in [5.41, 5.74) is 4.58. The smallest absolute Gasteiger partial charge is 0.207 e. The zero-order valence-electron chi connectivity index (χ0n) is 18.5. The molecule has 0 unspecified atom stereocenters. The van der Waals surface area contributed by atoms with Crippen LogP contribution in [0.1, 0.15) is 49.7 Å². The van der Waals surface area contributed by atoms with Gasteiger partial charge in [0, 0.05) is 18.7 Å². The van der Waals surface area contributed by atoms with E-state index in [1.54, 1.807) is 4.52 Å².